The molecule has 0 spiro atoms. The number of aromatic nitrogens is 2. The molecule has 0 unspecified atom stereocenters. The third kappa shape index (κ3) is 2.39. The van der Waals surface area contributed by atoms with Crippen molar-refractivity contribution in [1.82, 2.24) is 9.97 Å². The Morgan fingerprint density at radius 3 is 2.83 bits per heavy atom. The quantitative estimate of drug-likeness (QED) is 0.845. The summed E-state index contributed by atoms with van der Waals surface area (Å²) in [6.45, 7) is 1.65. The van der Waals surface area contributed by atoms with Crippen molar-refractivity contribution >= 4 is 23.1 Å². The summed E-state index contributed by atoms with van der Waals surface area (Å²) in [5.41, 5.74) is 1.28. The third-order valence-electron chi connectivity index (χ3n) is 2.33. The fourth-order valence-electron chi connectivity index (χ4n) is 1.42. The standard InChI is InChI=1S/C12H8ClFN4/c1-7-4-8(2-3-10(7)14)18-12-9(5-15)11(13)16-6-17-12/h2-4,6H,1H3,(H,16,17,18). The Bertz CT molecular complexity index is 636. The molecular formula is C12H8ClFN4. The lowest BCUT2D eigenvalue weighted by Gasteiger charge is -2.08. The minimum atomic E-state index is -0.290. The van der Waals surface area contributed by atoms with Crippen LogP contribution in [0.25, 0.3) is 0 Å². The van der Waals surface area contributed by atoms with Gasteiger partial charge in [0.2, 0.25) is 0 Å². The van der Waals surface area contributed by atoms with Crippen molar-refractivity contribution in [1.29, 1.82) is 5.26 Å². The zero-order valence-electron chi connectivity index (χ0n) is 9.41. The molecule has 0 atom stereocenters. The fourth-order valence-corrected chi connectivity index (χ4v) is 1.59. The van der Waals surface area contributed by atoms with Crippen LogP contribution in [0.5, 0.6) is 0 Å². The number of nitrogens with zero attached hydrogens (tertiary/aromatic N) is 3. The number of aryl methyl sites for hydroxylation is 1. The Morgan fingerprint density at radius 2 is 2.17 bits per heavy atom. The Hall–Kier alpha value is -2.19. The van der Waals surface area contributed by atoms with Gasteiger partial charge in [0, 0.05) is 5.69 Å². The molecule has 0 amide bonds. The summed E-state index contributed by atoms with van der Waals surface area (Å²) < 4.78 is 13.1. The van der Waals surface area contributed by atoms with E-state index in [2.05, 4.69) is 15.3 Å². The van der Waals surface area contributed by atoms with E-state index < -0.39 is 0 Å². The molecule has 0 fully saturated rings. The van der Waals surface area contributed by atoms with Crippen LogP contribution in [0.1, 0.15) is 11.1 Å². The van der Waals surface area contributed by atoms with Crippen LogP contribution in [-0.2, 0) is 0 Å². The molecule has 90 valence electrons. The first kappa shape index (κ1) is 12.3. The summed E-state index contributed by atoms with van der Waals surface area (Å²) in [7, 11) is 0. The number of rotatable bonds is 2. The molecule has 6 heteroatoms. The second-order valence-corrected chi connectivity index (χ2v) is 3.95. The summed E-state index contributed by atoms with van der Waals surface area (Å²) >= 11 is 5.78. The average molecular weight is 263 g/mol. The maximum atomic E-state index is 13.1. The summed E-state index contributed by atoms with van der Waals surface area (Å²) in [5.74, 6) is 0.00489. The lowest BCUT2D eigenvalue weighted by Crippen LogP contribution is -1.99. The molecule has 2 aromatic rings. The Kier molecular flexibility index (Phi) is 3.40. The average Bonchev–Trinajstić information content (AvgIpc) is 2.34. The van der Waals surface area contributed by atoms with Crippen LogP contribution in [0.15, 0.2) is 24.5 Å². The van der Waals surface area contributed by atoms with Gasteiger partial charge in [-0.2, -0.15) is 5.26 Å². The second kappa shape index (κ2) is 4.98. The normalized spacial score (nSPS) is 9.89. The molecule has 0 saturated carbocycles. The topological polar surface area (TPSA) is 61.6 Å². The van der Waals surface area contributed by atoms with Gasteiger partial charge in [-0.15, -0.1) is 0 Å². The van der Waals surface area contributed by atoms with E-state index >= 15 is 0 Å². The van der Waals surface area contributed by atoms with Gasteiger partial charge >= 0.3 is 0 Å². The molecule has 0 radical (unpaired) electrons. The SMILES string of the molecule is Cc1cc(Nc2ncnc(Cl)c2C#N)ccc1F. The maximum absolute atomic E-state index is 13.1. The molecule has 0 saturated heterocycles. The van der Waals surface area contributed by atoms with E-state index in [-0.39, 0.29) is 16.5 Å². The number of hydrogen-bond donors (Lipinski definition) is 1. The van der Waals surface area contributed by atoms with Crippen LogP contribution in [0, 0.1) is 24.1 Å². The first-order valence-corrected chi connectivity index (χ1v) is 5.43. The van der Waals surface area contributed by atoms with Crippen molar-refractivity contribution in [2.75, 3.05) is 5.32 Å². The van der Waals surface area contributed by atoms with Gasteiger partial charge in [0.15, 0.2) is 11.0 Å². The molecule has 0 aliphatic carbocycles. The highest BCUT2D eigenvalue weighted by atomic mass is 35.5. The van der Waals surface area contributed by atoms with Gasteiger partial charge in [0.1, 0.15) is 23.8 Å². The minimum absolute atomic E-state index is 0.0776. The number of benzene rings is 1. The van der Waals surface area contributed by atoms with E-state index in [0.29, 0.717) is 17.1 Å². The third-order valence-corrected chi connectivity index (χ3v) is 2.62. The van der Waals surface area contributed by atoms with E-state index in [1.807, 2.05) is 6.07 Å². The van der Waals surface area contributed by atoms with E-state index in [9.17, 15) is 4.39 Å². The van der Waals surface area contributed by atoms with Crippen LogP contribution in [0.4, 0.5) is 15.9 Å². The van der Waals surface area contributed by atoms with Crippen molar-refractivity contribution in [2.45, 2.75) is 6.92 Å². The van der Waals surface area contributed by atoms with Crippen molar-refractivity contribution in [2.24, 2.45) is 0 Å². The Labute approximate surface area is 108 Å². The number of hydrogen-bond acceptors (Lipinski definition) is 4. The number of anilines is 2. The lowest BCUT2D eigenvalue weighted by atomic mass is 10.2. The van der Waals surface area contributed by atoms with Crippen LogP contribution in [-0.4, -0.2) is 9.97 Å². The predicted octanol–water partition coefficient (Wildman–Crippen LogP) is 3.19. The lowest BCUT2D eigenvalue weighted by molar-refractivity contribution is 0.619. The molecule has 1 heterocycles. The zero-order chi connectivity index (χ0) is 13.1. The Balaban J connectivity index is 2.37. The van der Waals surface area contributed by atoms with Gasteiger partial charge in [-0.05, 0) is 30.7 Å². The molecule has 0 aliphatic heterocycles. The summed E-state index contributed by atoms with van der Waals surface area (Å²) in [4.78, 5) is 7.65. The second-order valence-electron chi connectivity index (χ2n) is 3.59. The molecule has 4 nitrogen and oxygen atoms in total. The molecule has 0 aliphatic rings. The van der Waals surface area contributed by atoms with Gasteiger partial charge in [0.05, 0.1) is 0 Å². The maximum Gasteiger partial charge on any atom is 0.153 e. The van der Waals surface area contributed by atoms with Gasteiger partial charge in [-0.1, -0.05) is 11.6 Å². The molecular weight excluding hydrogens is 255 g/mol. The molecule has 0 bridgehead atoms. The highest BCUT2D eigenvalue weighted by molar-refractivity contribution is 6.30. The van der Waals surface area contributed by atoms with Gasteiger partial charge in [0.25, 0.3) is 0 Å². The van der Waals surface area contributed by atoms with Crippen LogP contribution < -0.4 is 5.32 Å². The van der Waals surface area contributed by atoms with Crippen molar-refractivity contribution in [3.63, 3.8) is 0 Å². The molecule has 1 N–H and O–H groups in total. The van der Waals surface area contributed by atoms with Crippen molar-refractivity contribution in [3.05, 3.63) is 46.6 Å². The molecule has 18 heavy (non-hydrogen) atoms. The monoisotopic (exact) mass is 262 g/mol. The van der Waals surface area contributed by atoms with Crippen molar-refractivity contribution < 1.29 is 4.39 Å². The Morgan fingerprint density at radius 1 is 1.39 bits per heavy atom. The molecule has 1 aromatic carbocycles. The van der Waals surface area contributed by atoms with E-state index in [4.69, 9.17) is 16.9 Å². The number of nitriles is 1. The molecule has 2 rings (SSSR count). The van der Waals surface area contributed by atoms with Crippen molar-refractivity contribution in [3.8, 4) is 6.07 Å². The van der Waals surface area contributed by atoms with Crippen LogP contribution in [0.2, 0.25) is 5.15 Å². The van der Waals surface area contributed by atoms with Crippen LogP contribution in [0.3, 0.4) is 0 Å². The highest BCUT2D eigenvalue weighted by Crippen LogP contribution is 2.23. The first-order valence-electron chi connectivity index (χ1n) is 5.05. The number of halogens is 2. The van der Waals surface area contributed by atoms with E-state index in [0.717, 1.165) is 0 Å². The number of nitrogens with one attached hydrogen (secondary N) is 1. The highest BCUT2D eigenvalue weighted by Gasteiger charge is 2.09. The fraction of sp³-hybridized carbons (Fsp3) is 0.0833. The van der Waals surface area contributed by atoms with E-state index in [1.54, 1.807) is 19.1 Å². The predicted molar refractivity (Wildman–Crippen MR) is 66.2 cm³/mol. The minimum Gasteiger partial charge on any atom is -0.339 e. The van der Waals surface area contributed by atoms with Crippen LogP contribution >= 0.6 is 11.6 Å². The summed E-state index contributed by atoms with van der Waals surface area (Å²) in [6, 6.07) is 6.43. The van der Waals surface area contributed by atoms with E-state index in [1.165, 1.54) is 12.4 Å². The van der Waals surface area contributed by atoms with Gasteiger partial charge in [-0.3, -0.25) is 0 Å². The van der Waals surface area contributed by atoms with Gasteiger partial charge in [-0.25, -0.2) is 14.4 Å². The zero-order valence-corrected chi connectivity index (χ0v) is 10.2. The smallest absolute Gasteiger partial charge is 0.153 e. The summed E-state index contributed by atoms with van der Waals surface area (Å²) in [5, 5.41) is 11.9. The summed E-state index contributed by atoms with van der Waals surface area (Å²) in [6.07, 6.45) is 1.25. The van der Waals surface area contributed by atoms with Gasteiger partial charge < -0.3 is 5.32 Å². The largest absolute Gasteiger partial charge is 0.339 e. The first-order chi connectivity index (χ1) is 8.61. The molecule has 1 aromatic heterocycles.